The number of hydrogen-bond acceptors (Lipinski definition) is 2. The Morgan fingerprint density at radius 1 is 1.45 bits per heavy atom. The summed E-state index contributed by atoms with van der Waals surface area (Å²) in [5, 5.41) is 2.02. The molecule has 0 aromatic heterocycles. The second kappa shape index (κ2) is 3.87. The number of hydrogen-bond donors (Lipinski definition) is 0. The van der Waals surface area contributed by atoms with Crippen LogP contribution in [-0.4, -0.2) is 23.7 Å². The Balaban J connectivity index is 4.38. The maximum atomic E-state index is 5.57. The fraction of sp³-hybridized carbons (Fsp3) is 0.750. The normalized spacial score (nSPS) is 14.6. The molecule has 11 heavy (non-hydrogen) atoms. The molecule has 3 heteroatoms. The lowest BCUT2D eigenvalue weighted by atomic mass is 10.5. The van der Waals surface area contributed by atoms with Crippen molar-refractivity contribution in [3.05, 3.63) is 12.0 Å². The quantitative estimate of drug-likeness (QED) is 0.635. The van der Waals surface area contributed by atoms with Crippen molar-refractivity contribution in [3.63, 3.8) is 0 Å². The molecule has 0 heterocycles. The van der Waals surface area contributed by atoms with E-state index in [4.69, 9.17) is 4.18 Å². The van der Waals surface area contributed by atoms with E-state index in [2.05, 4.69) is 32.9 Å². The fourth-order valence-corrected chi connectivity index (χ4v) is 2.20. The molecule has 0 rings (SSSR count). The fourth-order valence-electron chi connectivity index (χ4n) is 0.489. The SMILES string of the molecule is C=CS(C)(C)C(C)(C)OSC. The van der Waals surface area contributed by atoms with Crippen LogP contribution < -0.4 is 0 Å². The van der Waals surface area contributed by atoms with Gasteiger partial charge in [-0.05, 0) is 38.4 Å². The summed E-state index contributed by atoms with van der Waals surface area (Å²) in [5.74, 6) is 0. The molecule has 0 aliphatic heterocycles. The molecule has 0 aromatic carbocycles. The van der Waals surface area contributed by atoms with Crippen LogP contribution in [0.4, 0.5) is 0 Å². The highest BCUT2D eigenvalue weighted by Crippen LogP contribution is 2.55. The second-order valence-electron chi connectivity index (χ2n) is 3.22. The van der Waals surface area contributed by atoms with Gasteiger partial charge in [-0.2, -0.15) is 10.0 Å². The molecule has 0 radical (unpaired) electrons. The van der Waals surface area contributed by atoms with E-state index < -0.39 is 10.0 Å². The zero-order valence-corrected chi connectivity index (χ0v) is 9.64. The van der Waals surface area contributed by atoms with Gasteiger partial charge in [0, 0.05) is 6.26 Å². The molecule has 0 aromatic rings. The van der Waals surface area contributed by atoms with Gasteiger partial charge in [0.05, 0.1) is 0 Å². The summed E-state index contributed by atoms with van der Waals surface area (Å²) < 4.78 is 5.57. The summed E-state index contributed by atoms with van der Waals surface area (Å²) in [5.41, 5.74) is 0. The van der Waals surface area contributed by atoms with E-state index in [-0.39, 0.29) is 4.93 Å². The molecule has 1 nitrogen and oxygen atoms in total. The van der Waals surface area contributed by atoms with Crippen molar-refractivity contribution in [2.75, 3.05) is 18.8 Å². The van der Waals surface area contributed by atoms with E-state index in [0.717, 1.165) is 0 Å². The van der Waals surface area contributed by atoms with Gasteiger partial charge in [0.2, 0.25) is 0 Å². The Labute approximate surface area is 76.1 Å². The van der Waals surface area contributed by atoms with Gasteiger partial charge in [-0.3, -0.25) is 0 Å². The van der Waals surface area contributed by atoms with Crippen molar-refractivity contribution in [3.8, 4) is 0 Å². The van der Waals surface area contributed by atoms with Gasteiger partial charge in [0.25, 0.3) is 0 Å². The maximum absolute atomic E-state index is 5.57. The van der Waals surface area contributed by atoms with E-state index in [1.54, 1.807) is 0 Å². The molecule has 0 amide bonds. The third kappa shape index (κ3) is 2.73. The van der Waals surface area contributed by atoms with Gasteiger partial charge >= 0.3 is 0 Å². The minimum atomic E-state index is -0.839. The molecule has 0 spiro atoms. The van der Waals surface area contributed by atoms with Gasteiger partial charge in [-0.15, -0.1) is 0 Å². The predicted molar refractivity (Wildman–Crippen MR) is 58.3 cm³/mol. The molecule has 0 unspecified atom stereocenters. The highest BCUT2D eigenvalue weighted by Gasteiger charge is 2.31. The highest BCUT2D eigenvalue weighted by atomic mass is 32.3. The Hall–Kier alpha value is 0.400. The van der Waals surface area contributed by atoms with Crippen LogP contribution in [0, 0.1) is 0 Å². The van der Waals surface area contributed by atoms with Gasteiger partial charge in [0.1, 0.15) is 4.93 Å². The molecular weight excluding hydrogens is 176 g/mol. The lowest BCUT2D eigenvalue weighted by molar-refractivity contribution is 0.247. The molecular formula is C8H18OS2. The van der Waals surface area contributed by atoms with Gasteiger partial charge in [0.15, 0.2) is 0 Å². The summed E-state index contributed by atoms with van der Waals surface area (Å²) in [4.78, 5) is -0.0752. The molecule has 0 fully saturated rings. The van der Waals surface area contributed by atoms with E-state index in [9.17, 15) is 0 Å². The molecule has 0 N–H and O–H groups in total. The van der Waals surface area contributed by atoms with Gasteiger partial charge in [-0.1, -0.05) is 12.0 Å². The minimum absolute atomic E-state index is 0.0752. The Kier molecular flexibility index (Phi) is 4.02. The van der Waals surface area contributed by atoms with Gasteiger partial charge < -0.3 is 4.18 Å². The third-order valence-corrected chi connectivity index (χ3v) is 6.11. The van der Waals surface area contributed by atoms with E-state index in [0.29, 0.717) is 0 Å². The van der Waals surface area contributed by atoms with Crippen molar-refractivity contribution >= 4 is 22.1 Å². The predicted octanol–water partition coefficient (Wildman–Crippen LogP) is 3.22. The summed E-state index contributed by atoms with van der Waals surface area (Å²) in [6.07, 6.45) is 6.35. The van der Waals surface area contributed by atoms with Crippen LogP contribution in [0.2, 0.25) is 0 Å². The first-order chi connectivity index (χ1) is 4.87. The molecule has 68 valence electrons. The molecule has 0 saturated carbocycles. The van der Waals surface area contributed by atoms with Crippen molar-refractivity contribution in [1.29, 1.82) is 0 Å². The highest BCUT2D eigenvalue weighted by molar-refractivity contribution is 8.36. The third-order valence-electron chi connectivity index (χ3n) is 1.97. The van der Waals surface area contributed by atoms with Crippen LogP contribution in [0.15, 0.2) is 12.0 Å². The molecule has 0 aliphatic rings. The number of rotatable bonds is 4. The first-order valence-electron chi connectivity index (χ1n) is 3.44. The van der Waals surface area contributed by atoms with Crippen LogP contribution in [0.25, 0.3) is 0 Å². The smallest absolute Gasteiger partial charge is 0.110 e. The summed E-state index contributed by atoms with van der Waals surface area (Å²) in [7, 11) is -0.839. The van der Waals surface area contributed by atoms with Crippen LogP contribution in [-0.2, 0) is 4.18 Å². The van der Waals surface area contributed by atoms with Crippen LogP contribution in [0.1, 0.15) is 13.8 Å². The van der Waals surface area contributed by atoms with Crippen LogP contribution >= 0.6 is 22.1 Å². The molecule has 0 saturated heterocycles. The first-order valence-corrected chi connectivity index (χ1v) is 7.11. The van der Waals surface area contributed by atoms with Crippen molar-refractivity contribution in [2.45, 2.75) is 18.8 Å². The van der Waals surface area contributed by atoms with E-state index in [1.165, 1.54) is 12.0 Å². The molecule has 0 aliphatic carbocycles. The van der Waals surface area contributed by atoms with Crippen molar-refractivity contribution in [2.24, 2.45) is 0 Å². The van der Waals surface area contributed by atoms with Crippen molar-refractivity contribution in [1.82, 2.24) is 0 Å². The summed E-state index contributed by atoms with van der Waals surface area (Å²) >= 11 is 1.42. The summed E-state index contributed by atoms with van der Waals surface area (Å²) in [6.45, 7) is 8.05. The Morgan fingerprint density at radius 2 is 1.91 bits per heavy atom. The summed E-state index contributed by atoms with van der Waals surface area (Å²) in [6, 6.07) is 0. The topological polar surface area (TPSA) is 9.23 Å². The molecule has 0 bridgehead atoms. The lowest BCUT2D eigenvalue weighted by Gasteiger charge is -2.42. The van der Waals surface area contributed by atoms with Crippen LogP contribution in [0.3, 0.4) is 0 Å². The zero-order chi connectivity index (χ0) is 9.12. The maximum Gasteiger partial charge on any atom is 0.110 e. The zero-order valence-electron chi connectivity index (χ0n) is 8.01. The molecule has 0 atom stereocenters. The van der Waals surface area contributed by atoms with E-state index >= 15 is 0 Å². The van der Waals surface area contributed by atoms with Gasteiger partial charge in [-0.25, -0.2) is 0 Å². The van der Waals surface area contributed by atoms with Crippen molar-refractivity contribution < 1.29 is 4.18 Å². The average Bonchev–Trinajstić information content (AvgIpc) is 1.87. The first kappa shape index (κ1) is 11.4. The standard InChI is InChI=1S/C8H18OS2/c1-7-11(5,6)8(2,3)9-10-4/h7H,1H2,2-6H3. The average molecular weight is 194 g/mol. The largest absolute Gasteiger partial charge is 0.300 e. The Morgan fingerprint density at radius 3 is 2.18 bits per heavy atom. The minimum Gasteiger partial charge on any atom is -0.300 e. The second-order valence-corrected chi connectivity index (χ2v) is 7.85. The van der Waals surface area contributed by atoms with Crippen LogP contribution in [0.5, 0.6) is 0 Å². The lowest BCUT2D eigenvalue weighted by Crippen LogP contribution is -2.26. The van der Waals surface area contributed by atoms with E-state index in [1.807, 2.05) is 11.7 Å². The Bertz CT molecular complexity index is 141. The monoisotopic (exact) mass is 194 g/mol.